The van der Waals surface area contributed by atoms with Gasteiger partial charge in [0, 0.05) is 26.2 Å². The topological polar surface area (TPSA) is 67.6 Å². The minimum Gasteiger partial charge on any atom is -0.444 e. The predicted molar refractivity (Wildman–Crippen MR) is 68.5 cm³/mol. The lowest BCUT2D eigenvalue weighted by Crippen LogP contribution is -2.48. The molecule has 0 unspecified atom stereocenters. The molecule has 16 heavy (non-hydrogen) atoms. The molecule has 0 radical (unpaired) electrons. The summed E-state index contributed by atoms with van der Waals surface area (Å²) in [5.74, 6) is 0. The zero-order chi connectivity index (χ0) is 12.6. The molecular weight excluding hydrogens is 226 g/mol. The predicted octanol–water partition coefficient (Wildman–Crippen LogP) is 0.729. The number of nitrogens with one attached hydrogen (secondary N) is 1. The Morgan fingerprint density at radius 1 is 1.44 bits per heavy atom. The summed E-state index contributed by atoms with van der Waals surface area (Å²) in [6.07, 6.45) is -0.200. The molecule has 1 fully saturated rings. The highest BCUT2D eigenvalue weighted by molar-refractivity contribution is 7.78. The zero-order valence-electron chi connectivity index (χ0n) is 10.2. The number of ether oxygens (including phenoxy) is 1. The lowest BCUT2D eigenvalue weighted by atomic mass is 10.2. The number of hydrogen-bond donors (Lipinski definition) is 2. The molecule has 1 aliphatic heterocycles. The van der Waals surface area contributed by atoms with Gasteiger partial charge in [0.05, 0.1) is 5.49 Å². The molecular formula is C10H21N3O2S. The number of amides is 1. The lowest BCUT2D eigenvalue weighted by Gasteiger charge is -2.30. The molecule has 6 heteroatoms. The number of piperazine rings is 1. The first-order valence-electron chi connectivity index (χ1n) is 5.24. The van der Waals surface area contributed by atoms with E-state index in [-0.39, 0.29) is 11.7 Å². The van der Waals surface area contributed by atoms with Crippen LogP contribution in [0.2, 0.25) is 0 Å². The highest BCUT2D eigenvalue weighted by Crippen LogP contribution is 2.09. The van der Waals surface area contributed by atoms with Gasteiger partial charge >= 0.3 is 6.09 Å². The molecule has 1 aliphatic rings. The van der Waals surface area contributed by atoms with Crippen LogP contribution in [-0.2, 0) is 4.74 Å². The van der Waals surface area contributed by atoms with Gasteiger partial charge in [-0.3, -0.25) is 0 Å². The Labute approximate surface area is 102 Å². The minimum absolute atomic E-state index is 0.200. The van der Waals surface area contributed by atoms with Crippen LogP contribution in [-0.4, -0.2) is 48.3 Å². The van der Waals surface area contributed by atoms with Crippen molar-refractivity contribution in [3.05, 3.63) is 0 Å². The van der Waals surface area contributed by atoms with Crippen molar-refractivity contribution < 1.29 is 9.53 Å². The molecule has 0 aromatic rings. The third kappa shape index (κ3) is 7.42. The third-order valence-corrected chi connectivity index (χ3v) is 1.77. The fourth-order valence-corrected chi connectivity index (χ4v) is 1.17. The Morgan fingerprint density at radius 2 is 1.88 bits per heavy atom. The fourth-order valence-electron chi connectivity index (χ4n) is 1.17. The van der Waals surface area contributed by atoms with E-state index >= 15 is 0 Å². The van der Waals surface area contributed by atoms with Crippen LogP contribution >= 0.6 is 12.2 Å². The molecule has 0 spiro atoms. The molecule has 0 aromatic carbocycles. The first-order chi connectivity index (χ1) is 7.40. The minimum atomic E-state index is -0.387. The number of rotatable bonds is 0. The monoisotopic (exact) mass is 247 g/mol. The zero-order valence-corrected chi connectivity index (χ0v) is 11.0. The van der Waals surface area contributed by atoms with Gasteiger partial charge in [0.25, 0.3) is 0 Å². The third-order valence-electron chi connectivity index (χ3n) is 1.77. The van der Waals surface area contributed by atoms with Gasteiger partial charge in [0.15, 0.2) is 0 Å². The summed E-state index contributed by atoms with van der Waals surface area (Å²) in [6.45, 7) is 8.86. The van der Waals surface area contributed by atoms with Crippen LogP contribution in [0.3, 0.4) is 0 Å². The molecule has 0 saturated carbocycles. The van der Waals surface area contributed by atoms with Crippen LogP contribution in [0.5, 0.6) is 0 Å². The quantitative estimate of drug-likeness (QED) is 0.618. The second kappa shape index (κ2) is 7.40. The summed E-state index contributed by atoms with van der Waals surface area (Å²) < 4.78 is 5.24. The first kappa shape index (κ1) is 15.1. The van der Waals surface area contributed by atoms with E-state index in [1.165, 1.54) is 0 Å². The van der Waals surface area contributed by atoms with Crippen LogP contribution in [0.4, 0.5) is 4.79 Å². The van der Waals surface area contributed by atoms with E-state index in [2.05, 4.69) is 23.3 Å². The van der Waals surface area contributed by atoms with Gasteiger partial charge < -0.3 is 20.7 Å². The van der Waals surface area contributed by atoms with Gasteiger partial charge in [-0.05, 0) is 20.8 Å². The Bertz CT molecular complexity index is 223. The number of hydrogen-bond acceptors (Lipinski definition) is 4. The van der Waals surface area contributed by atoms with Crippen LogP contribution in [0.25, 0.3) is 0 Å². The van der Waals surface area contributed by atoms with E-state index in [4.69, 9.17) is 4.74 Å². The van der Waals surface area contributed by atoms with E-state index in [0.29, 0.717) is 0 Å². The maximum absolute atomic E-state index is 11.5. The molecule has 1 heterocycles. The smallest absolute Gasteiger partial charge is 0.410 e. The number of carbonyl (C=O) groups excluding carboxylic acids is 1. The van der Waals surface area contributed by atoms with Gasteiger partial charge in [-0.15, -0.1) is 0 Å². The van der Waals surface area contributed by atoms with Crippen molar-refractivity contribution in [3.8, 4) is 0 Å². The normalized spacial score (nSPS) is 15.8. The lowest BCUT2D eigenvalue weighted by molar-refractivity contribution is 0.0229. The van der Waals surface area contributed by atoms with Crippen molar-refractivity contribution in [2.45, 2.75) is 26.4 Å². The molecule has 0 atom stereocenters. The SMILES string of the molecule is CC(C)(C)OC(=O)N1CCNCC1.NC=S. The Morgan fingerprint density at radius 3 is 2.25 bits per heavy atom. The standard InChI is InChI=1S/C9H18N2O2.CH3NS/c1-9(2,3)13-8(12)11-6-4-10-5-7-11;2-1-3/h10H,4-7H2,1-3H3;1H,(H2,2,3). The van der Waals surface area contributed by atoms with Gasteiger partial charge in [0.2, 0.25) is 0 Å². The van der Waals surface area contributed by atoms with Crippen molar-refractivity contribution in [1.82, 2.24) is 10.2 Å². The second-order valence-corrected chi connectivity index (χ2v) is 4.63. The molecule has 1 rings (SSSR count). The summed E-state index contributed by atoms with van der Waals surface area (Å²) in [5, 5.41) is 3.18. The van der Waals surface area contributed by atoms with Gasteiger partial charge in [-0.2, -0.15) is 0 Å². The van der Waals surface area contributed by atoms with Crippen LogP contribution < -0.4 is 11.1 Å². The van der Waals surface area contributed by atoms with E-state index < -0.39 is 0 Å². The number of thiocarbonyl (C=S) groups is 1. The highest BCUT2D eigenvalue weighted by atomic mass is 32.1. The van der Waals surface area contributed by atoms with E-state index in [9.17, 15) is 4.79 Å². The molecule has 3 N–H and O–H groups in total. The number of carbonyl (C=O) groups is 1. The summed E-state index contributed by atoms with van der Waals surface area (Å²) in [4.78, 5) is 13.2. The van der Waals surface area contributed by atoms with Crippen molar-refractivity contribution in [1.29, 1.82) is 0 Å². The largest absolute Gasteiger partial charge is 0.444 e. The van der Waals surface area contributed by atoms with Crippen LogP contribution in [0, 0.1) is 0 Å². The van der Waals surface area contributed by atoms with Gasteiger partial charge in [0.1, 0.15) is 5.60 Å². The molecule has 0 aliphatic carbocycles. The summed E-state index contributed by atoms with van der Waals surface area (Å²) in [6, 6.07) is 0. The van der Waals surface area contributed by atoms with E-state index in [1.807, 2.05) is 20.8 Å². The Hall–Kier alpha value is -0.880. The van der Waals surface area contributed by atoms with Crippen LogP contribution in [0.1, 0.15) is 20.8 Å². The Balaban J connectivity index is 0.000000673. The van der Waals surface area contributed by atoms with Gasteiger partial charge in [-0.1, -0.05) is 12.2 Å². The maximum Gasteiger partial charge on any atom is 0.410 e. The average Bonchev–Trinajstić information content (AvgIpc) is 2.18. The molecule has 1 saturated heterocycles. The van der Waals surface area contributed by atoms with Crippen molar-refractivity contribution >= 4 is 23.8 Å². The second-order valence-electron chi connectivity index (χ2n) is 4.35. The molecule has 94 valence electrons. The van der Waals surface area contributed by atoms with Crippen molar-refractivity contribution in [2.75, 3.05) is 26.2 Å². The molecule has 1 amide bonds. The van der Waals surface area contributed by atoms with Crippen LogP contribution in [0.15, 0.2) is 0 Å². The summed E-state index contributed by atoms with van der Waals surface area (Å²) in [7, 11) is 0. The Kier molecular flexibility index (Phi) is 7.00. The molecule has 0 bridgehead atoms. The molecule has 0 aromatic heterocycles. The van der Waals surface area contributed by atoms with E-state index in [1.54, 1.807) is 4.90 Å². The van der Waals surface area contributed by atoms with Gasteiger partial charge in [-0.25, -0.2) is 4.79 Å². The maximum atomic E-state index is 11.5. The number of nitrogens with zero attached hydrogens (tertiary/aromatic N) is 1. The van der Waals surface area contributed by atoms with Crippen molar-refractivity contribution in [2.24, 2.45) is 5.73 Å². The van der Waals surface area contributed by atoms with Crippen molar-refractivity contribution in [3.63, 3.8) is 0 Å². The highest BCUT2D eigenvalue weighted by Gasteiger charge is 2.22. The van der Waals surface area contributed by atoms with E-state index in [0.717, 1.165) is 31.7 Å². The fraction of sp³-hybridized carbons (Fsp3) is 0.800. The number of nitrogens with two attached hydrogens (primary N) is 1. The summed E-state index contributed by atoms with van der Waals surface area (Å²) in [5.41, 5.74) is 5.23. The summed E-state index contributed by atoms with van der Waals surface area (Å²) >= 11 is 4.05. The molecule has 5 nitrogen and oxygen atoms in total. The first-order valence-corrected chi connectivity index (χ1v) is 5.72. The average molecular weight is 247 g/mol.